The number of carbonyl (C=O) groups excluding carboxylic acids is 2. The quantitative estimate of drug-likeness (QED) is 0.473. The highest BCUT2D eigenvalue weighted by Crippen LogP contribution is 2.32. The molecule has 0 aromatic heterocycles. The van der Waals surface area contributed by atoms with Crippen molar-refractivity contribution in [1.29, 1.82) is 0 Å². The number of hydrogen-bond donors (Lipinski definition) is 1. The number of alkyl halides is 1. The molecular formula is C10H14BrNO3. The Balaban J connectivity index is 2.13. The van der Waals surface area contributed by atoms with Gasteiger partial charge < -0.3 is 10.1 Å². The van der Waals surface area contributed by atoms with Gasteiger partial charge in [0.15, 0.2) is 0 Å². The number of rotatable bonds is 4. The Bertz CT molecular complexity index is 272. The molecule has 1 saturated carbocycles. The average molecular weight is 276 g/mol. The molecule has 0 radical (unpaired) electrons. The topological polar surface area (TPSA) is 55.4 Å². The first-order valence-electron chi connectivity index (χ1n) is 4.79. The Labute approximate surface area is 97.2 Å². The predicted molar refractivity (Wildman–Crippen MR) is 59.6 cm³/mol. The summed E-state index contributed by atoms with van der Waals surface area (Å²) in [6.07, 6.45) is 4.50. The van der Waals surface area contributed by atoms with Crippen LogP contribution in [0.1, 0.15) is 12.8 Å². The number of esters is 1. The number of carbonyl (C=O) groups is 2. The molecule has 0 aromatic carbocycles. The number of nitrogens with one attached hydrogen (secondary N) is 1. The van der Waals surface area contributed by atoms with Crippen LogP contribution < -0.4 is 5.32 Å². The SMILES string of the molecule is COC(=O)/C=C/C(=O)NCC1CC(Br)C1. The van der Waals surface area contributed by atoms with E-state index in [4.69, 9.17) is 0 Å². The molecule has 0 atom stereocenters. The lowest BCUT2D eigenvalue weighted by Gasteiger charge is -2.31. The maximum Gasteiger partial charge on any atom is 0.330 e. The number of ether oxygens (including phenoxy) is 1. The van der Waals surface area contributed by atoms with Gasteiger partial charge in [-0.3, -0.25) is 4.79 Å². The van der Waals surface area contributed by atoms with Crippen LogP contribution >= 0.6 is 15.9 Å². The van der Waals surface area contributed by atoms with Gasteiger partial charge in [-0.05, 0) is 18.8 Å². The maximum absolute atomic E-state index is 11.2. The average Bonchev–Trinajstić information content (AvgIpc) is 2.19. The Kier molecular flexibility index (Phi) is 4.81. The summed E-state index contributed by atoms with van der Waals surface area (Å²) in [5.74, 6) is -0.211. The van der Waals surface area contributed by atoms with E-state index in [-0.39, 0.29) is 5.91 Å². The molecule has 4 nitrogen and oxygen atoms in total. The summed E-state index contributed by atoms with van der Waals surface area (Å²) in [5, 5.41) is 2.73. The molecule has 0 spiro atoms. The molecule has 5 heteroatoms. The zero-order valence-electron chi connectivity index (χ0n) is 8.53. The van der Waals surface area contributed by atoms with Gasteiger partial charge in [-0.2, -0.15) is 0 Å². The Morgan fingerprint density at radius 1 is 1.47 bits per heavy atom. The maximum atomic E-state index is 11.2. The highest BCUT2D eigenvalue weighted by atomic mass is 79.9. The fourth-order valence-electron chi connectivity index (χ4n) is 1.34. The monoisotopic (exact) mass is 275 g/mol. The van der Waals surface area contributed by atoms with E-state index in [1.54, 1.807) is 0 Å². The first-order chi connectivity index (χ1) is 7.11. The molecule has 1 fully saturated rings. The lowest BCUT2D eigenvalue weighted by atomic mass is 9.85. The molecule has 1 aliphatic carbocycles. The third-order valence-corrected chi connectivity index (χ3v) is 3.06. The van der Waals surface area contributed by atoms with E-state index < -0.39 is 5.97 Å². The molecule has 1 rings (SSSR count). The van der Waals surface area contributed by atoms with E-state index in [1.807, 2.05) is 0 Å². The second-order valence-corrected chi connectivity index (χ2v) is 4.83. The van der Waals surface area contributed by atoms with Crippen molar-refractivity contribution in [3.05, 3.63) is 12.2 Å². The summed E-state index contributed by atoms with van der Waals surface area (Å²) in [4.78, 5) is 22.4. The highest BCUT2D eigenvalue weighted by molar-refractivity contribution is 9.09. The summed E-state index contributed by atoms with van der Waals surface area (Å²) < 4.78 is 4.36. The van der Waals surface area contributed by atoms with Crippen molar-refractivity contribution in [1.82, 2.24) is 5.32 Å². The van der Waals surface area contributed by atoms with Crippen molar-refractivity contribution in [2.45, 2.75) is 17.7 Å². The van der Waals surface area contributed by atoms with Crippen LogP contribution in [-0.4, -0.2) is 30.4 Å². The van der Waals surface area contributed by atoms with Crippen molar-refractivity contribution in [3.8, 4) is 0 Å². The van der Waals surface area contributed by atoms with Gasteiger partial charge in [-0.25, -0.2) is 4.79 Å². The fraction of sp³-hybridized carbons (Fsp3) is 0.600. The summed E-state index contributed by atoms with van der Waals surface area (Å²) in [6.45, 7) is 0.673. The minimum absolute atomic E-state index is 0.251. The van der Waals surface area contributed by atoms with E-state index in [0.29, 0.717) is 17.3 Å². The molecule has 1 amide bonds. The number of hydrogen-bond acceptors (Lipinski definition) is 3. The molecule has 1 N–H and O–H groups in total. The van der Waals surface area contributed by atoms with Gasteiger partial charge >= 0.3 is 5.97 Å². The molecule has 1 aliphatic rings. The minimum atomic E-state index is -0.519. The van der Waals surface area contributed by atoms with Gasteiger partial charge in [-0.15, -0.1) is 0 Å². The van der Waals surface area contributed by atoms with Crippen LogP contribution in [0, 0.1) is 5.92 Å². The first-order valence-corrected chi connectivity index (χ1v) is 5.71. The van der Waals surface area contributed by atoms with Gasteiger partial charge in [0.2, 0.25) is 5.91 Å². The number of halogens is 1. The molecular weight excluding hydrogens is 262 g/mol. The molecule has 84 valence electrons. The Morgan fingerprint density at radius 2 is 2.13 bits per heavy atom. The van der Waals surface area contributed by atoms with Crippen molar-refractivity contribution in [3.63, 3.8) is 0 Å². The number of amides is 1. The van der Waals surface area contributed by atoms with Crippen molar-refractivity contribution < 1.29 is 14.3 Å². The van der Waals surface area contributed by atoms with Crippen LogP contribution in [0.3, 0.4) is 0 Å². The highest BCUT2D eigenvalue weighted by Gasteiger charge is 2.26. The largest absolute Gasteiger partial charge is 0.466 e. The van der Waals surface area contributed by atoms with Crippen molar-refractivity contribution >= 4 is 27.8 Å². The van der Waals surface area contributed by atoms with E-state index in [1.165, 1.54) is 13.2 Å². The second-order valence-electron chi connectivity index (χ2n) is 3.54. The van der Waals surface area contributed by atoms with Crippen molar-refractivity contribution in [2.24, 2.45) is 5.92 Å². The Hall–Kier alpha value is -0.840. The lowest BCUT2D eigenvalue weighted by molar-refractivity contribution is -0.135. The summed E-state index contributed by atoms with van der Waals surface area (Å²) in [7, 11) is 1.27. The van der Waals surface area contributed by atoms with E-state index >= 15 is 0 Å². The summed E-state index contributed by atoms with van der Waals surface area (Å²) in [5.41, 5.74) is 0. The molecule has 15 heavy (non-hydrogen) atoms. The van der Waals surface area contributed by atoms with Gasteiger partial charge in [0.05, 0.1) is 7.11 Å². The van der Waals surface area contributed by atoms with Gasteiger partial charge in [-0.1, -0.05) is 15.9 Å². The smallest absolute Gasteiger partial charge is 0.330 e. The molecule has 0 heterocycles. The molecule has 0 aromatic rings. The summed E-state index contributed by atoms with van der Waals surface area (Å²) in [6, 6.07) is 0. The van der Waals surface area contributed by atoms with Crippen molar-refractivity contribution in [2.75, 3.05) is 13.7 Å². The van der Waals surface area contributed by atoms with E-state index in [9.17, 15) is 9.59 Å². The third kappa shape index (κ3) is 4.46. The summed E-state index contributed by atoms with van der Waals surface area (Å²) >= 11 is 3.48. The molecule has 0 aliphatic heterocycles. The van der Waals surface area contributed by atoms with Crippen LogP contribution in [0.25, 0.3) is 0 Å². The fourth-order valence-corrected chi connectivity index (χ4v) is 2.39. The minimum Gasteiger partial charge on any atom is -0.466 e. The molecule has 0 bridgehead atoms. The van der Waals surface area contributed by atoms with Crippen LogP contribution in [0.5, 0.6) is 0 Å². The van der Waals surface area contributed by atoms with Crippen LogP contribution in [0.4, 0.5) is 0 Å². The van der Waals surface area contributed by atoms with Crippen LogP contribution in [-0.2, 0) is 14.3 Å². The van der Waals surface area contributed by atoms with E-state index in [0.717, 1.165) is 18.9 Å². The molecule has 0 unspecified atom stereocenters. The van der Waals surface area contributed by atoms with Crippen LogP contribution in [0.15, 0.2) is 12.2 Å². The Morgan fingerprint density at radius 3 is 2.67 bits per heavy atom. The third-order valence-electron chi connectivity index (χ3n) is 2.32. The standard InChI is InChI=1S/C10H14BrNO3/c1-15-10(14)3-2-9(13)12-6-7-4-8(11)5-7/h2-3,7-8H,4-6H2,1H3,(H,12,13)/b3-2+. The van der Waals surface area contributed by atoms with Crippen LogP contribution in [0.2, 0.25) is 0 Å². The first kappa shape index (κ1) is 12.2. The lowest BCUT2D eigenvalue weighted by Crippen LogP contribution is -2.35. The van der Waals surface area contributed by atoms with E-state index in [2.05, 4.69) is 26.0 Å². The van der Waals surface area contributed by atoms with Gasteiger partial charge in [0.25, 0.3) is 0 Å². The van der Waals surface area contributed by atoms with Gasteiger partial charge in [0, 0.05) is 23.5 Å². The van der Waals surface area contributed by atoms with Gasteiger partial charge in [0.1, 0.15) is 0 Å². The predicted octanol–water partition coefficient (Wildman–Crippen LogP) is 1.01. The number of methoxy groups -OCH3 is 1. The zero-order valence-corrected chi connectivity index (χ0v) is 10.1. The zero-order chi connectivity index (χ0) is 11.3. The normalized spacial score (nSPS) is 24.7. The second kappa shape index (κ2) is 5.90. The molecule has 0 saturated heterocycles.